The van der Waals surface area contributed by atoms with Gasteiger partial charge >= 0.3 is 0 Å². The highest BCUT2D eigenvalue weighted by molar-refractivity contribution is 9.10. The molecule has 3 heteroatoms. The van der Waals surface area contributed by atoms with Crippen LogP contribution in [0.5, 0.6) is 0 Å². The van der Waals surface area contributed by atoms with Crippen LogP contribution < -0.4 is 0 Å². The zero-order chi connectivity index (χ0) is 13.8. The molecule has 0 aliphatic carbocycles. The number of hydrogen-bond donors (Lipinski definition) is 1. The molecule has 0 bridgehead atoms. The molecule has 0 spiro atoms. The smallest absolute Gasteiger partial charge is 0.189 e. The molecular formula is C16H13BrO2. The van der Waals surface area contributed by atoms with E-state index in [-0.39, 0.29) is 11.5 Å². The van der Waals surface area contributed by atoms with Gasteiger partial charge in [-0.2, -0.15) is 0 Å². The Morgan fingerprint density at radius 1 is 1.00 bits per heavy atom. The lowest BCUT2D eigenvalue weighted by Crippen LogP contribution is -1.96. The standard InChI is InChI=1S/C16H13BrO2/c1-11-2-4-12(5-3-11)15(18)10-16(19)13-6-8-14(17)9-7-13/h2-10,19H,1H3. The van der Waals surface area contributed by atoms with Crippen molar-refractivity contribution in [3.63, 3.8) is 0 Å². The highest BCUT2D eigenvalue weighted by Gasteiger charge is 2.05. The number of ketones is 1. The normalized spacial score (nSPS) is 11.4. The first-order chi connectivity index (χ1) is 9.06. The SMILES string of the molecule is Cc1ccc(C(=O)C=C(O)c2ccc(Br)cc2)cc1. The summed E-state index contributed by atoms with van der Waals surface area (Å²) in [7, 11) is 0. The first-order valence-corrected chi connectivity index (χ1v) is 6.63. The fourth-order valence-electron chi connectivity index (χ4n) is 1.63. The van der Waals surface area contributed by atoms with E-state index in [0.717, 1.165) is 10.0 Å². The van der Waals surface area contributed by atoms with Gasteiger partial charge in [0.2, 0.25) is 0 Å². The van der Waals surface area contributed by atoms with Crippen LogP contribution in [-0.2, 0) is 0 Å². The molecule has 0 atom stereocenters. The lowest BCUT2D eigenvalue weighted by Gasteiger charge is -2.01. The zero-order valence-corrected chi connectivity index (χ0v) is 12.0. The van der Waals surface area contributed by atoms with Gasteiger partial charge in [0.1, 0.15) is 5.76 Å². The molecule has 2 nitrogen and oxygen atoms in total. The zero-order valence-electron chi connectivity index (χ0n) is 10.4. The second-order valence-electron chi connectivity index (χ2n) is 4.27. The van der Waals surface area contributed by atoms with Gasteiger partial charge in [0, 0.05) is 21.7 Å². The van der Waals surface area contributed by atoms with Crippen LogP contribution in [0.1, 0.15) is 21.5 Å². The van der Waals surface area contributed by atoms with E-state index in [1.165, 1.54) is 6.08 Å². The minimum absolute atomic E-state index is 0.0296. The summed E-state index contributed by atoms with van der Waals surface area (Å²) in [5.41, 5.74) is 2.27. The maximum absolute atomic E-state index is 12.0. The summed E-state index contributed by atoms with van der Waals surface area (Å²) in [5.74, 6) is -0.238. The molecule has 1 N–H and O–H groups in total. The van der Waals surface area contributed by atoms with Gasteiger partial charge in [-0.3, -0.25) is 4.79 Å². The fraction of sp³-hybridized carbons (Fsp3) is 0.0625. The highest BCUT2D eigenvalue weighted by Crippen LogP contribution is 2.17. The van der Waals surface area contributed by atoms with Crippen molar-refractivity contribution in [1.29, 1.82) is 0 Å². The van der Waals surface area contributed by atoms with E-state index in [9.17, 15) is 9.90 Å². The molecule has 2 aromatic carbocycles. The summed E-state index contributed by atoms with van der Waals surface area (Å²) >= 11 is 3.32. The minimum atomic E-state index is -0.208. The van der Waals surface area contributed by atoms with Crippen molar-refractivity contribution in [3.05, 3.63) is 75.8 Å². The van der Waals surface area contributed by atoms with Gasteiger partial charge in [-0.15, -0.1) is 0 Å². The number of allylic oxidation sites excluding steroid dienone is 1. The number of aryl methyl sites for hydroxylation is 1. The molecule has 2 rings (SSSR count). The Balaban J connectivity index is 2.22. The monoisotopic (exact) mass is 316 g/mol. The number of aliphatic hydroxyl groups is 1. The maximum atomic E-state index is 12.0. The van der Waals surface area contributed by atoms with Crippen LogP contribution in [-0.4, -0.2) is 10.9 Å². The predicted octanol–water partition coefficient (Wildman–Crippen LogP) is 4.54. The molecule has 2 aromatic rings. The van der Waals surface area contributed by atoms with E-state index in [0.29, 0.717) is 11.1 Å². The Morgan fingerprint density at radius 3 is 2.11 bits per heavy atom. The Kier molecular flexibility index (Phi) is 4.17. The number of carbonyl (C=O) groups excluding carboxylic acids is 1. The molecule has 0 aliphatic rings. The minimum Gasteiger partial charge on any atom is -0.507 e. The average Bonchev–Trinajstić information content (AvgIpc) is 2.40. The van der Waals surface area contributed by atoms with Crippen LogP contribution in [0.4, 0.5) is 0 Å². The molecule has 0 aliphatic heterocycles. The van der Waals surface area contributed by atoms with Gasteiger partial charge in [0.05, 0.1) is 0 Å². The van der Waals surface area contributed by atoms with E-state index in [1.54, 1.807) is 24.3 Å². The van der Waals surface area contributed by atoms with Crippen LogP contribution in [0.25, 0.3) is 5.76 Å². The van der Waals surface area contributed by atoms with Gasteiger partial charge in [0.25, 0.3) is 0 Å². The predicted molar refractivity (Wildman–Crippen MR) is 80.3 cm³/mol. The van der Waals surface area contributed by atoms with Gasteiger partial charge in [-0.1, -0.05) is 57.9 Å². The fourth-order valence-corrected chi connectivity index (χ4v) is 1.89. The molecule has 19 heavy (non-hydrogen) atoms. The molecule has 96 valence electrons. The number of benzene rings is 2. The van der Waals surface area contributed by atoms with Crippen molar-refractivity contribution >= 4 is 27.5 Å². The molecule has 0 saturated carbocycles. The lowest BCUT2D eigenvalue weighted by molar-refractivity contribution is 0.104. The lowest BCUT2D eigenvalue weighted by atomic mass is 10.1. The quantitative estimate of drug-likeness (QED) is 0.513. The van der Waals surface area contributed by atoms with E-state index in [2.05, 4.69) is 15.9 Å². The van der Waals surface area contributed by atoms with E-state index < -0.39 is 0 Å². The van der Waals surface area contributed by atoms with E-state index in [1.807, 2.05) is 31.2 Å². The van der Waals surface area contributed by atoms with Crippen molar-refractivity contribution in [2.75, 3.05) is 0 Å². The molecule has 0 heterocycles. The van der Waals surface area contributed by atoms with Crippen molar-refractivity contribution < 1.29 is 9.90 Å². The molecular weight excluding hydrogens is 304 g/mol. The first-order valence-electron chi connectivity index (χ1n) is 5.84. The largest absolute Gasteiger partial charge is 0.507 e. The van der Waals surface area contributed by atoms with Crippen LogP contribution >= 0.6 is 15.9 Å². The Bertz CT molecular complexity index is 610. The third-order valence-corrected chi connectivity index (χ3v) is 3.27. The van der Waals surface area contributed by atoms with Crippen molar-refractivity contribution in [2.45, 2.75) is 6.92 Å². The van der Waals surface area contributed by atoms with Gasteiger partial charge < -0.3 is 5.11 Å². The number of carbonyl (C=O) groups is 1. The second kappa shape index (κ2) is 5.85. The second-order valence-corrected chi connectivity index (χ2v) is 5.18. The summed E-state index contributed by atoms with van der Waals surface area (Å²) < 4.78 is 0.925. The number of halogens is 1. The van der Waals surface area contributed by atoms with Crippen molar-refractivity contribution in [2.24, 2.45) is 0 Å². The molecule has 0 unspecified atom stereocenters. The molecule has 0 radical (unpaired) electrons. The van der Waals surface area contributed by atoms with E-state index in [4.69, 9.17) is 0 Å². The topological polar surface area (TPSA) is 37.3 Å². The number of rotatable bonds is 3. The summed E-state index contributed by atoms with van der Waals surface area (Å²) in [5, 5.41) is 9.92. The van der Waals surface area contributed by atoms with Crippen LogP contribution in [0, 0.1) is 6.92 Å². The van der Waals surface area contributed by atoms with Crippen molar-refractivity contribution in [1.82, 2.24) is 0 Å². The Labute approximate surface area is 120 Å². The molecule has 0 saturated heterocycles. The van der Waals surface area contributed by atoms with Gasteiger partial charge in [-0.25, -0.2) is 0 Å². The Morgan fingerprint density at radius 2 is 1.53 bits per heavy atom. The number of hydrogen-bond acceptors (Lipinski definition) is 2. The summed E-state index contributed by atoms with van der Waals surface area (Å²) in [4.78, 5) is 12.0. The first kappa shape index (κ1) is 13.6. The summed E-state index contributed by atoms with van der Waals surface area (Å²) in [6, 6.07) is 14.4. The van der Waals surface area contributed by atoms with E-state index >= 15 is 0 Å². The highest BCUT2D eigenvalue weighted by atomic mass is 79.9. The molecule has 0 fully saturated rings. The van der Waals surface area contributed by atoms with Crippen LogP contribution in [0.2, 0.25) is 0 Å². The molecule has 0 amide bonds. The average molecular weight is 317 g/mol. The van der Waals surface area contributed by atoms with Gasteiger partial charge in [0.15, 0.2) is 5.78 Å². The third-order valence-electron chi connectivity index (χ3n) is 2.74. The van der Waals surface area contributed by atoms with Crippen molar-refractivity contribution in [3.8, 4) is 0 Å². The summed E-state index contributed by atoms with van der Waals surface area (Å²) in [6.45, 7) is 1.96. The van der Waals surface area contributed by atoms with Gasteiger partial charge in [-0.05, 0) is 19.1 Å². The molecule has 0 aromatic heterocycles. The maximum Gasteiger partial charge on any atom is 0.189 e. The third kappa shape index (κ3) is 3.55. The summed E-state index contributed by atoms with van der Waals surface area (Å²) in [6.07, 6.45) is 1.24. The van der Waals surface area contributed by atoms with Crippen LogP contribution in [0.15, 0.2) is 59.1 Å². The Hall–Kier alpha value is -1.87. The number of aliphatic hydroxyl groups excluding tert-OH is 1. The van der Waals surface area contributed by atoms with Crippen LogP contribution in [0.3, 0.4) is 0 Å².